The second-order valence-electron chi connectivity index (χ2n) is 1.58. The average Bonchev–Trinajstić information content (AvgIpc) is 1.81. The van der Waals surface area contributed by atoms with Gasteiger partial charge in [-0.2, -0.15) is 0 Å². The van der Waals surface area contributed by atoms with E-state index in [1.54, 1.807) is 0 Å². The number of ether oxygens (including phenoxy) is 1. The summed E-state index contributed by atoms with van der Waals surface area (Å²) in [5.41, 5.74) is 0. The van der Waals surface area contributed by atoms with Crippen LogP contribution in [0.1, 0.15) is 0 Å². The van der Waals surface area contributed by atoms with E-state index < -0.39 is 23.5 Å². The van der Waals surface area contributed by atoms with Gasteiger partial charge in [0.15, 0.2) is 0 Å². The summed E-state index contributed by atoms with van der Waals surface area (Å²) in [6, 6.07) is 0. The Labute approximate surface area is 56.6 Å². The lowest BCUT2D eigenvalue weighted by atomic mass is 10.4. The zero-order valence-corrected chi connectivity index (χ0v) is 5.31. The van der Waals surface area contributed by atoms with E-state index in [2.05, 4.69) is 4.74 Å². The number of hydrogen-bond acceptors (Lipinski definition) is 4. The molecule has 1 N–H and O–H groups in total. The first-order valence-corrected chi connectivity index (χ1v) is 2.45. The number of rotatable bonds is 4. The third-order valence-electron chi connectivity index (χ3n) is 0.875. The molecule has 0 aromatic heterocycles. The van der Waals surface area contributed by atoms with Crippen LogP contribution in [0.4, 0.5) is 0 Å². The zero-order chi connectivity index (χ0) is 8.15. The minimum absolute atomic E-state index is 0.703. The Balaban J connectivity index is 3.83. The normalized spacial score (nSPS) is 12.5. The number of nitrogens with zero attached hydrogens (tertiary/aromatic N) is 1. The summed E-state index contributed by atoms with van der Waals surface area (Å²) in [6.45, 7) is -0.703. The predicted molar refractivity (Wildman–Crippen MR) is 30.3 cm³/mol. The number of nitro groups is 1. The molecule has 0 radical (unpaired) electrons. The van der Waals surface area contributed by atoms with Crippen LogP contribution in [0.5, 0.6) is 0 Å². The van der Waals surface area contributed by atoms with Gasteiger partial charge in [-0.1, -0.05) is 0 Å². The standard InChI is InChI=1S/C4H7NO5/c1-10-3(4(6)7)2-5(8)9/h3H,2H2,1H3,(H,6,7). The lowest BCUT2D eigenvalue weighted by molar-refractivity contribution is -0.488. The molecule has 6 heteroatoms. The fourth-order valence-electron chi connectivity index (χ4n) is 0.389. The van der Waals surface area contributed by atoms with Gasteiger partial charge in [0.05, 0.1) is 0 Å². The van der Waals surface area contributed by atoms with Crippen LogP contribution in [0.25, 0.3) is 0 Å². The molecule has 0 aliphatic heterocycles. The molecule has 0 rings (SSSR count). The molecule has 0 saturated carbocycles. The first kappa shape index (κ1) is 8.83. The third kappa shape index (κ3) is 2.98. The first-order chi connectivity index (χ1) is 4.57. The maximum atomic E-state index is 10.0. The summed E-state index contributed by atoms with van der Waals surface area (Å²) in [6.07, 6.45) is -1.34. The maximum absolute atomic E-state index is 10.0. The smallest absolute Gasteiger partial charge is 0.339 e. The van der Waals surface area contributed by atoms with Crippen molar-refractivity contribution in [2.24, 2.45) is 0 Å². The van der Waals surface area contributed by atoms with Crippen LogP contribution < -0.4 is 0 Å². The van der Waals surface area contributed by atoms with Gasteiger partial charge in [-0.25, -0.2) is 4.79 Å². The number of aliphatic carboxylic acids is 1. The van der Waals surface area contributed by atoms with E-state index in [9.17, 15) is 14.9 Å². The Bertz CT molecular complexity index is 145. The molecule has 10 heavy (non-hydrogen) atoms. The largest absolute Gasteiger partial charge is 0.479 e. The van der Waals surface area contributed by atoms with Gasteiger partial charge in [0.1, 0.15) is 0 Å². The highest BCUT2D eigenvalue weighted by molar-refractivity contribution is 5.72. The highest BCUT2D eigenvalue weighted by Gasteiger charge is 2.21. The summed E-state index contributed by atoms with van der Waals surface area (Å²) in [4.78, 5) is 19.0. The molecule has 6 nitrogen and oxygen atoms in total. The van der Waals surface area contributed by atoms with Gasteiger partial charge in [-0.3, -0.25) is 10.1 Å². The van der Waals surface area contributed by atoms with Crippen molar-refractivity contribution in [3.63, 3.8) is 0 Å². The molecule has 0 amide bonds. The van der Waals surface area contributed by atoms with Gasteiger partial charge in [0.2, 0.25) is 12.6 Å². The van der Waals surface area contributed by atoms with Crippen molar-refractivity contribution in [2.45, 2.75) is 6.10 Å². The van der Waals surface area contributed by atoms with Crippen molar-refractivity contribution >= 4 is 5.97 Å². The van der Waals surface area contributed by atoms with E-state index in [1.807, 2.05) is 0 Å². The number of carboxylic acids is 1. The van der Waals surface area contributed by atoms with Crippen LogP contribution in [0, 0.1) is 10.1 Å². The molecular weight excluding hydrogens is 142 g/mol. The molecule has 0 aromatic carbocycles. The van der Waals surface area contributed by atoms with E-state index in [1.165, 1.54) is 0 Å². The average molecular weight is 149 g/mol. The monoisotopic (exact) mass is 149 g/mol. The van der Waals surface area contributed by atoms with Crippen LogP contribution >= 0.6 is 0 Å². The van der Waals surface area contributed by atoms with Crippen LogP contribution in [0.3, 0.4) is 0 Å². The van der Waals surface area contributed by atoms with Crippen molar-refractivity contribution in [3.05, 3.63) is 10.1 Å². The van der Waals surface area contributed by atoms with Crippen molar-refractivity contribution in [2.75, 3.05) is 13.7 Å². The fourth-order valence-corrected chi connectivity index (χ4v) is 0.389. The zero-order valence-electron chi connectivity index (χ0n) is 5.31. The lowest BCUT2D eigenvalue weighted by Crippen LogP contribution is -2.30. The summed E-state index contributed by atoms with van der Waals surface area (Å²) >= 11 is 0. The summed E-state index contributed by atoms with van der Waals surface area (Å²) in [5, 5.41) is 17.9. The predicted octanol–water partition coefficient (Wildman–Crippen LogP) is -0.637. The molecule has 0 spiro atoms. The number of carboxylic acid groups (broad SMARTS) is 1. The summed E-state index contributed by atoms with van der Waals surface area (Å²) < 4.78 is 4.28. The minimum atomic E-state index is -1.34. The Morgan fingerprint density at radius 2 is 2.40 bits per heavy atom. The summed E-state index contributed by atoms with van der Waals surface area (Å²) in [5.74, 6) is -1.32. The Kier molecular flexibility index (Phi) is 3.34. The number of hydrogen-bond donors (Lipinski definition) is 1. The van der Waals surface area contributed by atoms with Crippen LogP contribution in [-0.4, -0.2) is 35.8 Å². The SMILES string of the molecule is COC(C[N+](=O)[O-])C(=O)O. The van der Waals surface area contributed by atoms with Gasteiger partial charge >= 0.3 is 5.97 Å². The Morgan fingerprint density at radius 1 is 1.90 bits per heavy atom. The molecule has 1 atom stereocenters. The number of carbonyl (C=O) groups is 1. The van der Waals surface area contributed by atoms with Crippen molar-refractivity contribution in [3.8, 4) is 0 Å². The molecule has 1 unspecified atom stereocenters. The topological polar surface area (TPSA) is 89.7 Å². The quantitative estimate of drug-likeness (QED) is 0.424. The molecule has 0 aliphatic rings. The molecule has 58 valence electrons. The van der Waals surface area contributed by atoms with Gasteiger partial charge in [0.25, 0.3) is 0 Å². The Hall–Kier alpha value is -1.17. The fraction of sp³-hybridized carbons (Fsp3) is 0.750. The number of methoxy groups -OCH3 is 1. The van der Waals surface area contributed by atoms with Gasteiger partial charge < -0.3 is 9.84 Å². The second kappa shape index (κ2) is 3.78. The molecule has 0 heterocycles. The van der Waals surface area contributed by atoms with Gasteiger partial charge in [0, 0.05) is 12.0 Å². The molecule has 0 saturated heterocycles. The van der Waals surface area contributed by atoms with Crippen LogP contribution in [0.15, 0.2) is 0 Å². The summed E-state index contributed by atoms with van der Waals surface area (Å²) in [7, 11) is 1.11. The van der Waals surface area contributed by atoms with Crippen LogP contribution in [-0.2, 0) is 9.53 Å². The molecule has 0 aromatic rings. The maximum Gasteiger partial charge on any atom is 0.339 e. The van der Waals surface area contributed by atoms with Gasteiger partial charge in [-0.05, 0) is 0 Å². The lowest BCUT2D eigenvalue weighted by Gasteiger charge is -2.02. The van der Waals surface area contributed by atoms with E-state index in [4.69, 9.17) is 5.11 Å². The highest BCUT2D eigenvalue weighted by atomic mass is 16.6. The molecular formula is C4H7NO5. The molecule has 0 aliphatic carbocycles. The van der Waals surface area contributed by atoms with E-state index in [0.717, 1.165) is 7.11 Å². The van der Waals surface area contributed by atoms with Crippen molar-refractivity contribution in [1.82, 2.24) is 0 Å². The molecule has 0 bridgehead atoms. The van der Waals surface area contributed by atoms with Gasteiger partial charge in [-0.15, -0.1) is 0 Å². The van der Waals surface area contributed by atoms with E-state index >= 15 is 0 Å². The Morgan fingerprint density at radius 3 is 2.50 bits per heavy atom. The van der Waals surface area contributed by atoms with E-state index in [0.29, 0.717) is 0 Å². The second-order valence-corrected chi connectivity index (χ2v) is 1.58. The van der Waals surface area contributed by atoms with Crippen molar-refractivity contribution < 1.29 is 19.6 Å². The molecule has 0 fully saturated rings. The highest BCUT2D eigenvalue weighted by Crippen LogP contribution is 1.89. The van der Waals surface area contributed by atoms with Crippen molar-refractivity contribution in [1.29, 1.82) is 0 Å². The first-order valence-electron chi connectivity index (χ1n) is 2.45. The minimum Gasteiger partial charge on any atom is -0.479 e. The van der Waals surface area contributed by atoms with Crippen LogP contribution in [0.2, 0.25) is 0 Å². The van der Waals surface area contributed by atoms with E-state index in [-0.39, 0.29) is 0 Å². The third-order valence-corrected chi connectivity index (χ3v) is 0.875.